The number of aliphatic imine (C=N–C) groups is 2. The summed E-state index contributed by atoms with van der Waals surface area (Å²) in [6, 6.07) is 4.15. The molecule has 22 heavy (non-hydrogen) atoms. The third-order valence-electron chi connectivity index (χ3n) is 4.24. The van der Waals surface area contributed by atoms with Gasteiger partial charge in [0.1, 0.15) is 5.66 Å². The molecule has 1 fully saturated rings. The van der Waals surface area contributed by atoms with Crippen LogP contribution in [0.1, 0.15) is 37.7 Å². The number of nitrogens with two attached hydrogens (primary N) is 2. The zero-order chi connectivity index (χ0) is 15.9. The van der Waals surface area contributed by atoms with Crippen LogP contribution in [0.5, 0.6) is 0 Å². The predicted octanol–water partition coefficient (Wildman–Crippen LogP) is 3.63. The molecule has 1 aliphatic heterocycles. The summed E-state index contributed by atoms with van der Waals surface area (Å²) in [4.78, 5) is 10.9. The molecule has 1 heterocycles. The van der Waals surface area contributed by atoms with Crippen molar-refractivity contribution in [3.05, 3.63) is 26.6 Å². The number of aryl methyl sites for hydroxylation is 1. The van der Waals surface area contributed by atoms with Crippen molar-refractivity contribution in [2.75, 3.05) is 4.90 Å². The van der Waals surface area contributed by atoms with E-state index in [1.165, 1.54) is 6.42 Å². The van der Waals surface area contributed by atoms with Crippen molar-refractivity contribution in [2.45, 2.75) is 44.7 Å². The summed E-state index contributed by atoms with van der Waals surface area (Å²) in [5, 5.41) is 0. The van der Waals surface area contributed by atoms with Gasteiger partial charge in [0, 0.05) is 8.95 Å². The van der Waals surface area contributed by atoms with Gasteiger partial charge in [-0.15, -0.1) is 0 Å². The van der Waals surface area contributed by atoms with E-state index in [1.807, 2.05) is 4.90 Å². The Morgan fingerprint density at radius 1 is 1.09 bits per heavy atom. The van der Waals surface area contributed by atoms with E-state index in [1.54, 1.807) is 0 Å². The average molecular weight is 429 g/mol. The van der Waals surface area contributed by atoms with Gasteiger partial charge in [-0.3, -0.25) is 4.90 Å². The highest BCUT2D eigenvalue weighted by molar-refractivity contribution is 9.11. The van der Waals surface area contributed by atoms with Crippen LogP contribution in [0, 0.1) is 6.92 Å². The molecule has 7 heteroatoms. The lowest BCUT2D eigenvalue weighted by Crippen LogP contribution is -2.58. The van der Waals surface area contributed by atoms with Gasteiger partial charge >= 0.3 is 0 Å². The minimum absolute atomic E-state index is 0.273. The van der Waals surface area contributed by atoms with E-state index in [0.717, 1.165) is 45.9 Å². The van der Waals surface area contributed by atoms with Crippen LogP contribution in [0.15, 0.2) is 31.1 Å². The highest BCUT2D eigenvalue weighted by Crippen LogP contribution is 2.45. The minimum Gasteiger partial charge on any atom is -0.369 e. The highest BCUT2D eigenvalue weighted by Gasteiger charge is 2.43. The molecule has 3 rings (SSSR count). The Morgan fingerprint density at radius 2 is 1.68 bits per heavy atom. The lowest BCUT2D eigenvalue weighted by Gasteiger charge is -2.46. The molecule has 1 aliphatic carbocycles. The van der Waals surface area contributed by atoms with Crippen LogP contribution < -0.4 is 16.4 Å². The molecule has 2 aliphatic rings. The number of rotatable bonds is 1. The quantitative estimate of drug-likeness (QED) is 0.716. The van der Waals surface area contributed by atoms with Crippen LogP contribution in [0.25, 0.3) is 0 Å². The second-order valence-corrected chi connectivity index (χ2v) is 7.60. The molecule has 5 nitrogen and oxygen atoms in total. The van der Waals surface area contributed by atoms with Crippen LogP contribution in [-0.4, -0.2) is 17.6 Å². The van der Waals surface area contributed by atoms with Gasteiger partial charge in [0.25, 0.3) is 0 Å². The SMILES string of the molecule is Cc1cc(Br)c(N2C(N)=NC(N)=NC23CCCCC3)c(Br)c1. The van der Waals surface area contributed by atoms with Crippen LogP contribution in [0.3, 0.4) is 0 Å². The van der Waals surface area contributed by atoms with E-state index in [2.05, 4.69) is 55.9 Å². The summed E-state index contributed by atoms with van der Waals surface area (Å²) in [6.45, 7) is 2.06. The maximum atomic E-state index is 6.26. The second kappa shape index (κ2) is 5.85. The fourth-order valence-corrected chi connectivity index (χ4v) is 5.12. The topological polar surface area (TPSA) is 80.0 Å². The maximum absolute atomic E-state index is 6.26. The van der Waals surface area contributed by atoms with E-state index in [9.17, 15) is 0 Å². The molecule has 0 amide bonds. The van der Waals surface area contributed by atoms with Gasteiger partial charge < -0.3 is 11.5 Å². The first-order valence-electron chi connectivity index (χ1n) is 7.38. The largest absolute Gasteiger partial charge is 0.369 e. The number of hydrogen-bond acceptors (Lipinski definition) is 5. The summed E-state index contributed by atoms with van der Waals surface area (Å²) < 4.78 is 1.94. The Hall–Kier alpha value is -1.08. The molecule has 118 valence electrons. The molecule has 4 N–H and O–H groups in total. The second-order valence-electron chi connectivity index (χ2n) is 5.90. The Morgan fingerprint density at radius 3 is 2.27 bits per heavy atom. The first kappa shape index (κ1) is 15.8. The Balaban J connectivity index is 2.16. The molecule has 1 aromatic rings. The van der Waals surface area contributed by atoms with Crippen molar-refractivity contribution in [3.63, 3.8) is 0 Å². The monoisotopic (exact) mass is 427 g/mol. The fraction of sp³-hybridized carbons (Fsp3) is 0.467. The van der Waals surface area contributed by atoms with Crippen LogP contribution in [0.2, 0.25) is 0 Å². The third-order valence-corrected chi connectivity index (χ3v) is 5.45. The summed E-state index contributed by atoms with van der Waals surface area (Å²) >= 11 is 7.33. The number of halogens is 2. The van der Waals surface area contributed by atoms with Crippen molar-refractivity contribution in [3.8, 4) is 0 Å². The number of anilines is 1. The van der Waals surface area contributed by atoms with E-state index >= 15 is 0 Å². The molecule has 0 saturated heterocycles. The van der Waals surface area contributed by atoms with Crippen molar-refractivity contribution in [1.82, 2.24) is 0 Å². The fourth-order valence-electron chi connectivity index (χ4n) is 3.35. The van der Waals surface area contributed by atoms with Crippen LogP contribution in [-0.2, 0) is 0 Å². The minimum atomic E-state index is -0.422. The number of hydrogen-bond donors (Lipinski definition) is 2. The number of guanidine groups is 2. The van der Waals surface area contributed by atoms with Gasteiger partial charge in [0.15, 0.2) is 0 Å². The predicted molar refractivity (Wildman–Crippen MR) is 98.1 cm³/mol. The zero-order valence-corrected chi connectivity index (χ0v) is 15.6. The maximum Gasteiger partial charge on any atom is 0.220 e. The Labute approximate surface area is 147 Å². The number of nitrogens with zero attached hydrogens (tertiary/aromatic N) is 3. The van der Waals surface area contributed by atoms with Crippen molar-refractivity contribution in [2.24, 2.45) is 21.5 Å². The van der Waals surface area contributed by atoms with Gasteiger partial charge in [-0.2, -0.15) is 4.99 Å². The summed E-state index contributed by atoms with van der Waals surface area (Å²) in [6.07, 6.45) is 5.30. The molecule has 0 atom stereocenters. The lowest BCUT2D eigenvalue weighted by atomic mass is 9.87. The third kappa shape index (κ3) is 2.65. The summed E-state index contributed by atoms with van der Waals surface area (Å²) in [5.74, 6) is 0.676. The van der Waals surface area contributed by atoms with Gasteiger partial charge in [-0.05, 0) is 82.2 Å². The van der Waals surface area contributed by atoms with Gasteiger partial charge in [-0.1, -0.05) is 6.42 Å². The lowest BCUT2D eigenvalue weighted by molar-refractivity contribution is 0.305. The first-order chi connectivity index (χ1) is 10.4. The molecule has 1 aromatic carbocycles. The Bertz CT molecular complexity index is 639. The molecule has 0 radical (unpaired) electrons. The first-order valence-corrected chi connectivity index (χ1v) is 8.97. The zero-order valence-electron chi connectivity index (χ0n) is 12.4. The summed E-state index contributed by atoms with van der Waals surface area (Å²) in [5.41, 5.74) is 13.9. The van der Waals surface area contributed by atoms with Gasteiger partial charge in [-0.25, -0.2) is 4.99 Å². The standard InChI is InChI=1S/C15H19Br2N5/c1-9-7-10(16)12(11(17)8-9)22-14(19)20-13(18)21-15(22)5-3-2-4-6-15/h7-8H,2-6H2,1H3,(H4,18,19,20,21). The molecule has 0 unspecified atom stereocenters. The van der Waals surface area contributed by atoms with Crippen LogP contribution >= 0.6 is 31.9 Å². The normalized spacial score (nSPS) is 20.8. The van der Waals surface area contributed by atoms with Crippen molar-refractivity contribution >= 4 is 49.5 Å². The molecule has 0 aromatic heterocycles. The average Bonchev–Trinajstić information content (AvgIpc) is 2.41. The summed E-state index contributed by atoms with van der Waals surface area (Å²) in [7, 11) is 0. The van der Waals surface area contributed by atoms with E-state index in [-0.39, 0.29) is 5.96 Å². The van der Waals surface area contributed by atoms with Crippen molar-refractivity contribution < 1.29 is 0 Å². The van der Waals surface area contributed by atoms with Crippen molar-refractivity contribution in [1.29, 1.82) is 0 Å². The van der Waals surface area contributed by atoms with E-state index in [4.69, 9.17) is 16.5 Å². The smallest absolute Gasteiger partial charge is 0.220 e. The molecule has 1 saturated carbocycles. The van der Waals surface area contributed by atoms with Gasteiger partial charge in [0.2, 0.25) is 11.9 Å². The molecule has 0 bridgehead atoms. The van der Waals surface area contributed by atoms with E-state index < -0.39 is 5.66 Å². The van der Waals surface area contributed by atoms with Crippen LogP contribution in [0.4, 0.5) is 5.69 Å². The van der Waals surface area contributed by atoms with Gasteiger partial charge in [0.05, 0.1) is 5.69 Å². The van der Waals surface area contributed by atoms with E-state index in [0.29, 0.717) is 5.96 Å². The Kier molecular flexibility index (Phi) is 4.20. The number of benzene rings is 1. The molecular formula is C15H19Br2N5. The molecular weight excluding hydrogens is 410 g/mol. The highest BCUT2D eigenvalue weighted by atomic mass is 79.9. The molecule has 1 spiro atoms.